The van der Waals surface area contributed by atoms with Gasteiger partial charge in [0.15, 0.2) is 6.29 Å². The van der Waals surface area contributed by atoms with Crippen LogP contribution in [0.5, 0.6) is 0 Å². The normalized spacial score (nSPS) is 24.4. The highest BCUT2D eigenvalue weighted by atomic mass is 16.7. The van der Waals surface area contributed by atoms with Crippen molar-refractivity contribution >= 4 is 0 Å². The summed E-state index contributed by atoms with van der Waals surface area (Å²) in [6.45, 7) is 8.60. The smallest absolute Gasteiger partial charge is 0.157 e. The fourth-order valence-corrected chi connectivity index (χ4v) is 2.20. The molecule has 1 aliphatic heterocycles. The zero-order chi connectivity index (χ0) is 11.1. The van der Waals surface area contributed by atoms with Crippen LogP contribution >= 0.6 is 0 Å². The van der Waals surface area contributed by atoms with E-state index in [1.165, 1.54) is 25.7 Å². The minimum atomic E-state index is 0.0865. The van der Waals surface area contributed by atoms with Crippen molar-refractivity contribution in [2.75, 3.05) is 13.2 Å². The number of ether oxygens (including phenoxy) is 2. The quantitative estimate of drug-likeness (QED) is 0.672. The second-order valence-electron chi connectivity index (χ2n) is 4.87. The second kappa shape index (κ2) is 7.24. The summed E-state index contributed by atoms with van der Waals surface area (Å²) in [5.41, 5.74) is 0. The molecule has 2 nitrogen and oxygen atoms in total. The number of hydrogen-bond donors (Lipinski definition) is 0. The van der Waals surface area contributed by atoms with Crippen LogP contribution in [0.15, 0.2) is 0 Å². The highest BCUT2D eigenvalue weighted by Crippen LogP contribution is 2.20. The van der Waals surface area contributed by atoms with Crippen LogP contribution in [-0.4, -0.2) is 19.5 Å². The molecule has 1 aliphatic rings. The van der Waals surface area contributed by atoms with E-state index in [9.17, 15) is 0 Å². The molecule has 0 bridgehead atoms. The van der Waals surface area contributed by atoms with Crippen molar-refractivity contribution in [2.45, 2.75) is 59.2 Å². The summed E-state index contributed by atoms with van der Waals surface area (Å²) >= 11 is 0. The molecule has 1 fully saturated rings. The first-order chi connectivity index (χ1) is 7.24. The Labute approximate surface area is 94.3 Å². The predicted molar refractivity (Wildman–Crippen MR) is 62.8 cm³/mol. The van der Waals surface area contributed by atoms with Gasteiger partial charge in [0.05, 0.1) is 6.61 Å². The van der Waals surface area contributed by atoms with E-state index in [4.69, 9.17) is 9.47 Å². The lowest BCUT2D eigenvalue weighted by molar-refractivity contribution is -0.164. The first kappa shape index (κ1) is 13.0. The third-order valence-electron chi connectivity index (χ3n) is 3.40. The summed E-state index contributed by atoms with van der Waals surface area (Å²) in [5, 5.41) is 0. The van der Waals surface area contributed by atoms with Gasteiger partial charge in [0.1, 0.15) is 0 Å². The van der Waals surface area contributed by atoms with E-state index < -0.39 is 0 Å². The molecule has 0 aromatic rings. The molecule has 1 unspecified atom stereocenters. The monoisotopic (exact) mass is 214 g/mol. The van der Waals surface area contributed by atoms with Gasteiger partial charge >= 0.3 is 0 Å². The lowest BCUT2D eigenvalue weighted by atomic mass is 9.91. The van der Waals surface area contributed by atoms with Crippen LogP contribution in [0.1, 0.15) is 52.9 Å². The molecule has 0 amide bonds. The Kier molecular flexibility index (Phi) is 6.26. The molecule has 0 saturated carbocycles. The zero-order valence-corrected chi connectivity index (χ0v) is 10.5. The van der Waals surface area contributed by atoms with Crippen LogP contribution in [0.4, 0.5) is 0 Å². The molecule has 0 N–H and O–H groups in total. The van der Waals surface area contributed by atoms with Crippen molar-refractivity contribution in [3.05, 3.63) is 0 Å². The van der Waals surface area contributed by atoms with E-state index in [1.807, 2.05) is 0 Å². The van der Waals surface area contributed by atoms with Crippen LogP contribution in [0.25, 0.3) is 0 Å². The number of hydrogen-bond acceptors (Lipinski definition) is 2. The van der Waals surface area contributed by atoms with E-state index >= 15 is 0 Å². The van der Waals surface area contributed by atoms with Gasteiger partial charge in [-0.25, -0.2) is 0 Å². The van der Waals surface area contributed by atoms with Crippen molar-refractivity contribution in [2.24, 2.45) is 11.8 Å². The Morgan fingerprint density at radius 2 is 2.13 bits per heavy atom. The standard InChI is InChI=1S/C13H26O2/c1-4-12(11(2)3)8-10-15-13-7-5-6-9-14-13/h11-13H,4-10H2,1-3H3/t12-,13?/m0/s1. The summed E-state index contributed by atoms with van der Waals surface area (Å²) in [6.07, 6.45) is 6.05. The summed E-state index contributed by atoms with van der Waals surface area (Å²) in [6, 6.07) is 0. The fraction of sp³-hybridized carbons (Fsp3) is 1.00. The summed E-state index contributed by atoms with van der Waals surface area (Å²) in [4.78, 5) is 0. The summed E-state index contributed by atoms with van der Waals surface area (Å²) in [7, 11) is 0. The van der Waals surface area contributed by atoms with E-state index in [-0.39, 0.29) is 6.29 Å². The van der Waals surface area contributed by atoms with E-state index in [0.717, 1.165) is 31.5 Å². The van der Waals surface area contributed by atoms with Crippen molar-refractivity contribution in [1.82, 2.24) is 0 Å². The Balaban J connectivity index is 2.08. The van der Waals surface area contributed by atoms with Gasteiger partial charge in [0.25, 0.3) is 0 Å². The van der Waals surface area contributed by atoms with Crippen molar-refractivity contribution in [1.29, 1.82) is 0 Å². The van der Waals surface area contributed by atoms with Crippen LogP contribution in [0, 0.1) is 11.8 Å². The van der Waals surface area contributed by atoms with Crippen molar-refractivity contribution < 1.29 is 9.47 Å². The Hall–Kier alpha value is -0.0800. The van der Waals surface area contributed by atoms with Gasteiger partial charge in [0.2, 0.25) is 0 Å². The van der Waals surface area contributed by atoms with E-state index in [1.54, 1.807) is 0 Å². The Morgan fingerprint density at radius 1 is 1.33 bits per heavy atom. The highest BCUT2D eigenvalue weighted by molar-refractivity contribution is 4.61. The first-order valence-corrected chi connectivity index (χ1v) is 6.47. The summed E-state index contributed by atoms with van der Waals surface area (Å²) < 4.78 is 11.3. The van der Waals surface area contributed by atoms with Gasteiger partial charge in [-0.2, -0.15) is 0 Å². The highest BCUT2D eigenvalue weighted by Gasteiger charge is 2.15. The molecule has 0 spiro atoms. The van der Waals surface area contributed by atoms with Crippen LogP contribution in [0.2, 0.25) is 0 Å². The minimum Gasteiger partial charge on any atom is -0.353 e. The third kappa shape index (κ3) is 4.98. The maximum Gasteiger partial charge on any atom is 0.157 e. The van der Waals surface area contributed by atoms with Crippen molar-refractivity contribution in [3.8, 4) is 0 Å². The molecule has 0 aromatic heterocycles. The molecule has 1 saturated heterocycles. The molecule has 15 heavy (non-hydrogen) atoms. The van der Waals surface area contributed by atoms with Crippen LogP contribution in [0.3, 0.4) is 0 Å². The fourth-order valence-electron chi connectivity index (χ4n) is 2.20. The Morgan fingerprint density at radius 3 is 2.67 bits per heavy atom. The molecule has 0 radical (unpaired) electrons. The van der Waals surface area contributed by atoms with Gasteiger partial charge in [0, 0.05) is 6.61 Å². The predicted octanol–water partition coefficient (Wildman–Crippen LogP) is 3.60. The maximum atomic E-state index is 5.74. The van der Waals surface area contributed by atoms with Gasteiger partial charge in [-0.05, 0) is 37.5 Å². The SMILES string of the molecule is CC[C@@H](CCOC1CCCCO1)C(C)C. The second-order valence-corrected chi connectivity index (χ2v) is 4.87. The molecular weight excluding hydrogens is 188 g/mol. The largest absolute Gasteiger partial charge is 0.353 e. The minimum absolute atomic E-state index is 0.0865. The molecule has 90 valence electrons. The Bertz CT molecular complexity index is 151. The van der Waals surface area contributed by atoms with Crippen molar-refractivity contribution in [3.63, 3.8) is 0 Å². The molecule has 1 heterocycles. The third-order valence-corrected chi connectivity index (χ3v) is 3.40. The molecule has 0 aromatic carbocycles. The van der Waals surface area contributed by atoms with Gasteiger partial charge < -0.3 is 9.47 Å². The van der Waals surface area contributed by atoms with Gasteiger partial charge in [-0.3, -0.25) is 0 Å². The summed E-state index contributed by atoms with van der Waals surface area (Å²) in [5.74, 6) is 1.57. The van der Waals surface area contributed by atoms with E-state index in [2.05, 4.69) is 20.8 Å². The molecular formula is C13H26O2. The molecule has 1 rings (SSSR count). The van der Waals surface area contributed by atoms with Gasteiger partial charge in [-0.15, -0.1) is 0 Å². The number of rotatable bonds is 6. The average Bonchev–Trinajstić information content (AvgIpc) is 2.25. The van der Waals surface area contributed by atoms with Gasteiger partial charge in [-0.1, -0.05) is 27.2 Å². The van der Waals surface area contributed by atoms with Crippen LogP contribution in [-0.2, 0) is 9.47 Å². The van der Waals surface area contributed by atoms with E-state index in [0.29, 0.717) is 0 Å². The average molecular weight is 214 g/mol. The molecule has 2 heteroatoms. The lowest BCUT2D eigenvalue weighted by Crippen LogP contribution is -2.23. The topological polar surface area (TPSA) is 18.5 Å². The van der Waals surface area contributed by atoms with Crippen LogP contribution < -0.4 is 0 Å². The lowest BCUT2D eigenvalue weighted by Gasteiger charge is -2.24. The molecule has 2 atom stereocenters. The zero-order valence-electron chi connectivity index (χ0n) is 10.5. The first-order valence-electron chi connectivity index (χ1n) is 6.47. The maximum absolute atomic E-state index is 5.74. The molecule has 0 aliphatic carbocycles.